The molecule has 5 nitrogen and oxygen atoms in total. The topological polar surface area (TPSA) is 66.9 Å². The first kappa shape index (κ1) is 9.72. The van der Waals surface area contributed by atoms with Crippen molar-refractivity contribution in [3.63, 3.8) is 0 Å². The summed E-state index contributed by atoms with van der Waals surface area (Å²) >= 11 is 0. The number of hydrogen-bond donors (Lipinski definition) is 2. The second-order valence-electron chi connectivity index (χ2n) is 4.50. The lowest BCUT2D eigenvalue weighted by molar-refractivity contribution is -0.126. The van der Waals surface area contributed by atoms with E-state index >= 15 is 0 Å². The fourth-order valence-electron chi connectivity index (χ4n) is 2.59. The van der Waals surface area contributed by atoms with Gasteiger partial charge in [-0.05, 0) is 18.9 Å². The number of fused-ring (bicyclic) bond motifs is 4. The summed E-state index contributed by atoms with van der Waals surface area (Å²) in [6, 6.07) is 2.26. The highest BCUT2D eigenvalue weighted by atomic mass is 16.2. The number of aromatic nitrogens is 2. The molecule has 3 fully saturated rings. The fraction of sp³-hybridized carbons (Fsp3) is 0.545. The highest BCUT2D eigenvalue weighted by Crippen LogP contribution is 2.33. The van der Waals surface area contributed by atoms with Crippen molar-refractivity contribution in [3.05, 3.63) is 24.3 Å². The Balaban J connectivity index is 2.05. The van der Waals surface area contributed by atoms with Crippen LogP contribution in [0.15, 0.2) is 18.6 Å². The number of carbonyl (C=O) groups excluding carboxylic acids is 1. The Kier molecular flexibility index (Phi) is 2.14. The molecular formula is C11H14N4O. The van der Waals surface area contributed by atoms with Crippen LogP contribution in [0.3, 0.4) is 0 Å². The molecule has 1 aromatic rings. The van der Waals surface area contributed by atoms with Crippen LogP contribution in [-0.2, 0) is 10.2 Å². The van der Waals surface area contributed by atoms with E-state index in [-0.39, 0.29) is 5.91 Å². The second-order valence-corrected chi connectivity index (χ2v) is 4.50. The van der Waals surface area contributed by atoms with Gasteiger partial charge in [0.15, 0.2) is 0 Å². The smallest absolute Gasteiger partial charge is 0.233 e. The minimum Gasteiger partial charge on any atom is -0.354 e. The largest absolute Gasteiger partial charge is 0.354 e. The molecule has 0 aliphatic carbocycles. The van der Waals surface area contributed by atoms with Gasteiger partial charge in [-0.1, -0.05) is 0 Å². The first-order chi connectivity index (χ1) is 7.81. The molecule has 5 heteroatoms. The van der Waals surface area contributed by atoms with E-state index in [1.807, 2.05) is 6.07 Å². The predicted octanol–water partition coefficient (Wildman–Crippen LogP) is -0.404. The summed E-state index contributed by atoms with van der Waals surface area (Å²) in [5.41, 5.74) is 0.337. The van der Waals surface area contributed by atoms with E-state index in [4.69, 9.17) is 0 Å². The van der Waals surface area contributed by atoms with Crippen molar-refractivity contribution < 1.29 is 4.79 Å². The van der Waals surface area contributed by atoms with Gasteiger partial charge in [-0.3, -0.25) is 4.79 Å². The Morgan fingerprint density at radius 2 is 2.44 bits per heavy atom. The van der Waals surface area contributed by atoms with Gasteiger partial charge < -0.3 is 10.6 Å². The average molecular weight is 218 g/mol. The molecule has 3 aliphatic rings. The Morgan fingerprint density at radius 3 is 3.12 bits per heavy atom. The van der Waals surface area contributed by atoms with Crippen LogP contribution in [-0.4, -0.2) is 35.0 Å². The number of amides is 1. The summed E-state index contributed by atoms with van der Waals surface area (Å²) < 4.78 is 0. The molecule has 0 aromatic carbocycles. The molecule has 4 heterocycles. The molecule has 0 radical (unpaired) electrons. The summed E-state index contributed by atoms with van der Waals surface area (Å²) in [6.07, 6.45) is 5.09. The lowest BCUT2D eigenvalue weighted by Gasteiger charge is -2.34. The maximum Gasteiger partial charge on any atom is 0.233 e. The molecule has 2 atom stereocenters. The SMILES string of the molecule is O=C1NCC2CCC1(c1ccncn1)CN2. The molecule has 3 saturated heterocycles. The number of piperidine rings is 1. The summed E-state index contributed by atoms with van der Waals surface area (Å²) in [5, 5.41) is 6.39. The van der Waals surface area contributed by atoms with Crippen molar-refractivity contribution in [2.45, 2.75) is 24.3 Å². The molecule has 0 spiro atoms. The zero-order valence-electron chi connectivity index (χ0n) is 8.94. The Hall–Kier alpha value is -1.49. The highest BCUT2D eigenvalue weighted by Gasteiger charge is 2.46. The van der Waals surface area contributed by atoms with Gasteiger partial charge in [0, 0.05) is 25.3 Å². The third-order valence-electron chi connectivity index (χ3n) is 3.63. The Labute approximate surface area is 93.7 Å². The maximum atomic E-state index is 12.2. The van der Waals surface area contributed by atoms with Gasteiger partial charge in [0.05, 0.1) is 5.69 Å². The average Bonchev–Trinajstić information content (AvgIpc) is 2.62. The van der Waals surface area contributed by atoms with E-state index in [0.29, 0.717) is 12.6 Å². The summed E-state index contributed by atoms with van der Waals surface area (Å²) in [5.74, 6) is 0.0960. The van der Waals surface area contributed by atoms with Crippen molar-refractivity contribution in [1.82, 2.24) is 20.6 Å². The monoisotopic (exact) mass is 218 g/mol. The molecule has 16 heavy (non-hydrogen) atoms. The van der Waals surface area contributed by atoms with E-state index in [0.717, 1.165) is 25.1 Å². The number of rotatable bonds is 1. The second kappa shape index (κ2) is 3.52. The van der Waals surface area contributed by atoms with E-state index < -0.39 is 5.41 Å². The van der Waals surface area contributed by atoms with Gasteiger partial charge >= 0.3 is 0 Å². The molecule has 0 saturated carbocycles. The standard InChI is InChI=1S/C11H14N4O/c16-10-11(9-2-4-12-7-15-9)3-1-8(5-13-10)14-6-11/h2,4,7-8,14H,1,3,5-6H2,(H,13,16). The molecule has 1 aromatic heterocycles. The minimum atomic E-state index is -0.490. The van der Waals surface area contributed by atoms with Crippen LogP contribution in [0.1, 0.15) is 18.5 Å². The number of hydrogen-bond acceptors (Lipinski definition) is 4. The number of carbonyl (C=O) groups is 1. The van der Waals surface area contributed by atoms with Gasteiger partial charge in [-0.15, -0.1) is 0 Å². The van der Waals surface area contributed by atoms with Crippen molar-refractivity contribution in [2.75, 3.05) is 13.1 Å². The van der Waals surface area contributed by atoms with Crippen LogP contribution in [0.25, 0.3) is 0 Å². The summed E-state index contributed by atoms with van der Waals surface area (Å²) in [4.78, 5) is 20.3. The first-order valence-corrected chi connectivity index (χ1v) is 5.59. The zero-order chi connectivity index (χ0) is 11.0. The quantitative estimate of drug-likeness (QED) is 0.673. The van der Waals surface area contributed by atoms with Crippen LogP contribution < -0.4 is 10.6 Å². The Bertz CT molecular complexity index is 398. The van der Waals surface area contributed by atoms with Gasteiger partial charge in [0.25, 0.3) is 0 Å². The molecule has 2 bridgehead atoms. The van der Waals surface area contributed by atoms with E-state index in [1.54, 1.807) is 6.20 Å². The zero-order valence-corrected chi connectivity index (χ0v) is 8.94. The third kappa shape index (κ3) is 1.31. The Morgan fingerprint density at radius 1 is 1.50 bits per heavy atom. The van der Waals surface area contributed by atoms with Crippen molar-refractivity contribution in [2.24, 2.45) is 0 Å². The highest BCUT2D eigenvalue weighted by molar-refractivity contribution is 5.88. The van der Waals surface area contributed by atoms with Crippen molar-refractivity contribution in [1.29, 1.82) is 0 Å². The summed E-state index contributed by atoms with van der Waals surface area (Å²) in [6.45, 7) is 1.41. The van der Waals surface area contributed by atoms with Crippen molar-refractivity contribution in [3.8, 4) is 0 Å². The molecule has 1 amide bonds. The molecule has 3 aliphatic heterocycles. The molecule has 2 unspecified atom stereocenters. The van der Waals surface area contributed by atoms with Crippen LogP contribution in [0.2, 0.25) is 0 Å². The van der Waals surface area contributed by atoms with E-state index in [9.17, 15) is 4.79 Å². The number of nitrogens with one attached hydrogen (secondary N) is 2. The van der Waals surface area contributed by atoms with E-state index in [1.165, 1.54) is 6.33 Å². The molecule has 4 rings (SSSR count). The maximum absolute atomic E-state index is 12.2. The van der Waals surface area contributed by atoms with E-state index in [2.05, 4.69) is 20.6 Å². The molecule has 2 N–H and O–H groups in total. The third-order valence-corrected chi connectivity index (χ3v) is 3.63. The lowest BCUT2D eigenvalue weighted by Crippen LogP contribution is -2.51. The molecular weight excluding hydrogens is 204 g/mol. The van der Waals surface area contributed by atoms with Gasteiger partial charge in [0.2, 0.25) is 5.91 Å². The van der Waals surface area contributed by atoms with Crippen LogP contribution in [0, 0.1) is 0 Å². The number of nitrogens with zero attached hydrogens (tertiary/aromatic N) is 2. The van der Waals surface area contributed by atoms with Crippen LogP contribution in [0.5, 0.6) is 0 Å². The van der Waals surface area contributed by atoms with Crippen LogP contribution in [0.4, 0.5) is 0 Å². The normalized spacial score (nSPS) is 33.2. The first-order valence-electron chi connectivity index (χ1n) is 5.59. The van der Waals surface area contributed by atoms with Gasteiger partial charge in [-0.2, -0.15) is 0 Å². The fourth-order valence-corrected chi connectivity index (χ4v) is 2.59. The van der Waals surface area contributed by atoms with Gasteiger partial charge in [-0.25, -0.2) is 9.97 Å². The predicted molar refractivity (Wildman–Crippen MR) is 57.7 cm³/mol. The minimum absolute atomic E-state index is 0.0960. The van der Waals surface area contributed by atoms with Crippen molar-refractivity contribution >= 4 is 5.91 Å². The lowest BCUT2D eigenvalue weighted by atomic mass is 9.76. The van der Waals surface area contributed by atoms with Crippen LogP contribution >= 0.6 is 0 Å². The molecule has 84 valence electrons. The summed E-state index contributed by atoms with van der Waals surface area (Å²) in [7, 11) is 0. The van der Waals surface area contributed by atoms with Gasteiger partial charge in [0.1, 0.15) is 11.7 Å².